The number of hydrogen-bond donors (Lipinski definition) is 1. The van der Waals surface area contributed by atoms with E-state index in [2.05, 4.69) is 33.0 Å². The summed E-state index contributed by atoms with van der Waals surface area (Å²) < 4.78 is 0. The van der Waals surface area contributed by atoms with Gasteiger partial charge in [-0.15, -0.1) is 0 Å². The lowest BCUT2D eigenvalue weighted by Gasteiger charge is -2.45. The van der Waals surface area contributed by atoms with Crippen molar-refractivity contribution in [2.75, 3.05) is 13.1 Å². The molecule has 1 nitrogen and oxygen atoms in total. The van der Waals surface area contributed by atoms with Gasteiger partial charge >= 0.3 is 0 Å². The predicted octanol–water partition coefficient (Wildman–Crippen LogP) is 5.40. The van der Waals surface area contributed by atoms with Gasteiger partial charge in [0.1, 0.15) is 0 Å². The molecule has 0 aromatic rings. The second kappa shape index (κ2) is 9.00. The van der Waals surface area contributed by atoms with Gasteiger partial charge in [0.2, 0.25) is 0 Å². The van der Waals surface area contributed by atoms with Crippen molar-refractivity contribution in [2.24, 2.45) is 17.3 Å². The molecule has 0 aliphatic heterocycles. The fraction of sp³-hybridized carbons (Fsp3) is 1.00. The van der Waals surface area contributed by atoms with Crippen LogP contribution in [0.2, 0.25) is 0 Å². The molecule has 0 bridgehead atoms. The van der Waals surface area contributed by atoms with Crippen molar-refractivity contribution < 1.29 is 0 Å². The van der Waals surface area contributed by atoms with Crippen LogP contribution in [0.3, 0.4) is 0 Å². The quantitative estimate of drug-likeness (QED) is 0.590. The average Bonchev–Trinajstić information content (AvgIpc) is 2.44. The minimum Gasteiger partial charge on any atom is -0.316 e. The van der Waals surface area contributed by atoms with Gasteiger partial charge in [-0.25, -0.2) is 0 Å². The van der Waals surface area contributed by atoms with Crippen molar-refractivity contribution >= 4 is 0 Å². The van der Waals surface area contributed by atoms with E-state index in [1.807, 2.05) is 0 Å². The molecule has 1 rings (SSSR count). The second-order valence-corrected chi connectivity index (χ2v) is 6.92. The lowest BCUT2D eigenvalue weighted by Crippen LogP contribution is -2.42. The zero-order valence-corrected chi connectivity index (χ0v) is 13.9. The van der Waals surface area contributed by atoms with E-state index in [0.717, 1.165) is 18.4 Å². The van der Waals surface area contributed by atoms with Crippen LogP contribution in [0.15, 0.2) is 0 Å². The summed E-state index contributed by atoms with van der Waals surface area (Å²) in [7, 11) is 0. The number of unbranched alkanes of at least 4 members (excludes halogenated alkanes) is 1. The van der Waals surface area contributed by atoms with Crippen molar-refractivity contribution in [3.05, 3.63) is 0 Å². The van der Waals surface area contributed by atoms with E-state index in [1.165, 1.54) is 64.3 Å². The van der Waals surface area contributed by atoms with Crippen LogP contribution in [0.5, 0.6) is 0 Å². The first-order valence-electron chi connectivity index (χ1n) is 8.89. The first-order valence-corrected chi connectivity index (χ1v) is 8.89. The van der Waals surface area contributed by atoms with E-state index in [0.29, 0.717) is 5.41 Å². The third-order valence-electron chi connectivity index (χ3n) is 5.56. The van der Waals surface area contributed by atoms with Crippen LogP contribution in [0, 0.1) is 17.3 Å². The molecule has 0 radical (unpaired) electrons. The Morgan fingerprint density at radius 3 is 2.32 bits per heavy atom. The molecule has 0 aromatic heterocycles. The van der Waals surface area contributed by atoms with Crippen molar-refractivity contribution in [2.45, 2.75) is 85.5 Å². The number of nitrogens with one attached hydrogen (secondary N) is 1. The molecule has 1 heteroatoms. The van der Waals surface area contributed by atoms with Gasteiger partial charge < -0.3 is 5.32 Å². The van der Waals surface area contributed by atoms with Gasteiger partial charge in [0.15, 0.2) is 0 Å². The Labute approximate surface area is 121 Å². The molecule has 1 saturated carbocycles. The molecular formula is C18H37N. The van der Waals surface area contributed by atoms with Gasteiger partial charge in [0, 0.05) is 6.54 Å². The first kappa shape index (κ1) is 17.0. The topological polar surface area (TPSA) is 12.0 Å². The number of rotatable bonds is 9. The smallest absolute Gasteiger partial charge is 0.00102 e. The van der Waals surface area contributed by atoms with Crippen LogP contribution in [0.4, 0.5) is 0 Å². The third-order valence-corrected chi connectivity index (χ3v) is 5.56. The molecule has 0 aromatic carbocycles. The van der Waals surface area contributed by atoms with E-state index in [1.54, 1.807) is 0 Å². The molecule has 1 atom stereocenters. The predicted molar refractivity (Wildman–Crippen MR) is 86.5 cm³/mol. The molecule has 0 heterocycles. The Morgan fingerprint density at radius 1 is 1.11 bits per heavy atom. The summed E-state index contributed by atoms with van der Waals surface area (Å²) >= 11 is 0. The Kier molecular flexibility index (Phi) is 8.06. The average molecular weight is 268 g/mol. The van der Waals surface area contributed by atoms with Gasteiger partial charge in [-0.3, -0.25) is 0 Å². The summed E-state index contributed by atoms with van der Waals surface area (Å²) in [6, 6.07) is 0. The fourth-order valence-corrected chi connectivity index (χ4v) is 3.99. The largest absolute Gasteiger partial charge is 0.316 e. The monoisotopic (exact) mass is 267 g/mol. The van der Waals surface area contributed by atoms with Crippen molar-refractivity contribution in [3.63, 3.8) is 0 Å². The minimum absolute atomic E-state index is 0.606. The normalized spacial score (nSPS) is 29.4. The summed E-state index contributed by atoms with van der Waals surface area (Å²) in [5, 5.41) is 3.66. The van der Waals surface area contributed by atoms with E-state index >= 15 is 0 Å². The van der Waals surface area contributed by atoms with Gasteiger partial charge in [0.05, 0.1) is 0 Å². The molecule has 0 spiro atoms. The summed E-state index contributed by atoms with van der Waals surface area (Å²) in [6.45, 7) is 11.8. The molecule has 1 aliphatic carbocycles. The molecule has 0 amide bonds. The summed E-state index contributed by atoms with van der Waals surface area (Å²) in [6.07, 6.45) is 12.9. The van der Waals surface area contributed by atoms with Crippen molar-refractivity contribution in [1.82, 2.24) is 5.32 Å². The highest BCUT2D eigenvalue weighted by Gasteiger charge is 2.38. The third kappa shape index (κ3) is 5.10. The van der Waals surface area contributed by atoms with Crippen molar-refractivity contribution in [1.29, 1.82) is 0 Å². The maximum absolute atomic E-state index is 3.66. The van der Waals surface area contributed by atoms with Gasteiger partial charge in [0.25, 0.3) is 0 Å². The van der Waals surface area contributed by atoms with Crippen molar-refractivity contribution in [3.8, 4) is 0 Å². The maximum atomic E-state index is 3.66. The van der Waals surface area contributed by atoms with E-state index < -0.39 is 0 Å². The van der Waals surface area contributed by atoms with Crippen LogP contribution in [-0.4, -0.2) is 13.1 Å². The van der Waals surface area contributed by atoms with Gasteiger partial charge in [-0.2, -0.15) is 0 Å². The van der Waals surface area contributed by atoms with Crippen LogP contribution in [0.25, 0.3) is 0 Å². The zero-order valence-electron chi connectivity index (χ0n) is 13.9. The van der Waals surface area contributed by atoms with Gasteiger partial charge in [-0.1, -0.05) is 59.8 Å². The van der Waals surface area contributed by atoms with Gasteiger partial charge in [-0.05, 0) is 49.5 Å². The Morgan fingerprint density at radius 2 is 1.79 bits per heavy atom. The van der Waals surface area contributed by atoms with E-state index in [4.69, 9.17) is 0 Å². The zero-order chi connectivity index (χ0) is 14.1. The Hall–Kier alpha value is -0.0400. The molecule has 1 aliphatic rings. The Bertz CT molecular complexity index is 216. The highest BCUT2D eigenvalue weighted by molar-refractivity contribution is 4.91. The fourth-order valence-electron chi connectivity index (χ4n) is 3.99. The SMILES string of the molecule is CCCCC1CCC(CNCC)(C(C)CCC)CC1. The molecule has 1 N–H and O–H groups in total. The second-order valence-electron chi connectivity index (χ2n) is 6.92. The molecular weight excluding hydrogens is 230 g/mol. The standard InChI is InChI=1S/C18H37N/c1-5-8-10-17-11-13-18(14-12-17,15-19-7-3)16(4)9-6-2/h16-17,19H,5-15H2,1-4H3. The summed E-state index contributed by atoms with van der Waals surface area (Å²) in [5.41, 5.74) is 0.606. The molecule has 1 unspecified atom stereocenters. The highest BCUT2D eigenvalue weighted by atomic mass is 14.9. The molecule has 19 heavy (non-hydrogen) atoms. The molecule has 0 saturated heterocycles. The lowest BCUT2D eigenvalue weighted by atomic mass is 9.62. The maximum Gasteiger partial charge on any atom is 0.00102 e. The van der Waals surface area contributed by atoms with Crippen LogP contribution < -0.4 is 5.32 Å². The van der Waals surface area contributed by atoms with E-state index in [-0.39, 0.29) is 0 Å². The Balaban J connectivity index is 2.53. The summed E-state index contributed by atoms with van der Waals surface area (Å²) in [4.78, 5) is 0. The minimum atomic E-state index is 0.606. The van der Waals surface area contributed by atoms with Crippen LogP contribution >= 0.6 is 0 Å². The first-order chi connectivity index (χ1) is 9.18. The lowest BCUT2D eigenvalue weighted by molar-refractivity contribution is 0.0723. The summed E-state index contributed by atoms with van der Waals surface area (Å²) in [5.74, 6) is 1.92. The highest BCUT2D eigenvalue weighted by Crippen LogP contribution is 2.46. The number of hydrogen-bond acceptors (Lipinski definition) is 1. The molecule has 114 valence electrons. The van der Waals surface area contributed by atoms with Crippen LogP contribution in [0.1, 0.15) is 85.5 Å². The van der Waals surface area contributed by atoms with Crippen LogP contribution in [-0.2, 0) is 0 Å². The molecule has 1 fully saturated rings. The van der Waals surface area contributed by atoms with E-state index in [9.17, 15) is 0 Å².